The maximum absolute atomic E-state index is 13.4. The summed E-state index contributed by atoms with van der Waals surface area (Å²) < 4.78 is 9.02. The topological polar surface area (TPSA) is 49.4 Å². The van der Waals surface area contributed by atoms with Crippen molar-refractivity contribution >= 4 is 24.7 Å². The van der Waals surface area contributed by atoms with Gasteiger partial charge in [0.2, 0.25) is 0 Å². The summed E-state index contributed by atoms with van der Waals surface area (Å²) in [6.45, 7) is 27.9. The van der Waals surface area contributed by atoms with E-state index in [0.717, 1.165) is 22.7 Å². The van der Waals surface area contributed by atoms with Crippen LogP contribution in [0.3, 0.4) is 0 Å². The molecule has 201 valence electrons. The average Bonchev–Trinajstić information content (AvgIpc) is 2.74. The fourth-order valence-electron chi connectivity index (χ4n) is 4.00. The average molecular weight is 568 g/mol. The second-order valence-corrected chi connectivity index (χ2v) is 16.7. The van der Waals surface area contributed by atoms with Gasteiger partial charge in [0.25, 0.3) is 0 Å². The van der Waals surface area contributed by atoms with E-state index in [1.807, 2.05) is 19.1 Å². The Bertz CT molecular complexity index is 1230. The van der Waals surface area contributed by atoms with E-state index in [1.165, 1.54) is 8.89 Å². The molecule has 0 N–H and O–H groups in total. The predicted octanol–water partition coefficient (Wildman–Crippen LogP) is 7.11. The molecule has 0 aromatic rings. The van der Waals surface area contributed by atoms with Crippen molar-refractivity contribution in [3.8, 4) is 0 Å². The molecule has 0 spiro atoms. The molecule has 0 atom stereocenters. The Labute approximate surface area is 230 Å². The van der Waals surface area contributed by atoms with E-state index >= 15 is 0 Å². The SMILES string of the molecule is CC(=C1C=C(C(C)(C)C)OC(C(C)(C)C)=C1)C1=C([O-])C(=CC2=CC(C(C)(C)C)=[Se]C(C(C)(C)C)=C2)C1=O. The molecule has 3 nitrogen and oxygen atoms in total. The molecule has 0 amide bonds. The fraction of sp³-hybridized carbons (Fsp3) is 0.515. The normalized spacial score (nSPS) is 20.6. The monoisotopic (exact) mass is 568 g/mol. The maximum atomic E-state index is 13.4. The summed E-state index contributed by atoms with van der Waals surface area (Å²) in [7, 11) is 0. The summed E-state index contributed by atoms with van der Waals surface area (Å²) in [4.78, 5) is 13.4. The Morgan fingerprint density at radius 2 is 1.30 bits per heavy atom. The van der Waals surface area contributed by atoms with Crippen molar-refractivity contribution in [2.45, 2.75) is 90.0 Å². The summed E-state index contributed by atoms with van der Waals surface area (Å²) in [5, 5.41) is 13.4. The van der Waals surface area contributed by atoms with Crippen LogP contribution in [-0.4, -0.2) is 24.7 Å². The van der Waals surface area contributed by atoms with Crippen molar-refractivity contribution in [1.29, 1.82) is 0 Å². The summed E-state index contributed by atoms with van der Waals surface area (Å²) in [5.74, 6) is 1.34. The van der Waals surface area contributed by atoms with Gasteiger partial charge in [-0.15, -0.1) is 0 Å². The van der Waals surface area contributed by atoms with E-state index in [1.54, 1.807) is 6.08 Å². The van der Waals surface area contributed by atoms with Gasteiger partial charge in [-0.2, -0.15) is 0 Å². The van der Waals surface area contributed by atoms with Gasteiger partial charge < -0.3 is 0 Å². The van der Waals surface area contributed by atoms with E-state index < -0.39 is 0 Å². The number of ether oxygens (including phenoxy) is 1. The molecule has 3 rings (SSSR count). The summed E-state index contributed by atoms with van der Waals surface area (Å²) >= 11 is 0.252. The fourth-order valence-corrected chi connectivity index (χ4v) is 6.60. The molecular formula is C33H44O3Se-. The van der Waals surface area contributed by atoms with Gasteiger partial charge in [-0.25, -0.2) is 0 Å². The van der Waals surface area contributed by atoms with E-state index in [-0.39, 0.29) is 58.9 Å². The van der Waals surface area contributed by atoms with Gasteiger partial charge in [0.1, 0.15) is 0 Å². The molecule has 2 aliphatic heterocycles. The number of Topliss-reactive ketones (excluding diaryl/α,β-unsaturated/α-hetero) is 1. The molecule has 1 aliphatic carbocycles. The molecule has 4 heteroatoms. The quantitative estimate of drug-likeness (QED) is 0.264. The number of hydrogen-bond donors (Lipinski definition) is 0. The van der Waals surface area contributed by atoms with Crippen molar-refractivity contribution in [2.24, 2.45) is 21.7 Å². The van der Waals surface area contributed by atoms with Gasteiger partial charge >= 0.3 is 189 Å². The van der Waals surface area contributed by atoms with Crippen LogP contribution < -0.4 is 5.11 Å². The minimum absolute atomic E-state index is 0.0394. The van der Waals surface area contributed by atoms with Crippen LogP contribution in [0.5, 0.6) is 0 Å². The van der Waals surface area contributed by atoms with Gasteiger partial charge in [-0.3, -0.25) is 0 Å². The van der Waals surface area contributed by atoms with Crippen LogP contribution in [-0.2, 0) is 9.53 Å². The Morgan fingerprint density at radius 3 is 1.70 bits per heavy atom. The number of hydrogen-bond acceptors (Lipinski definition) is 3. The Hall–Kier alpha value is -2.16. The van der Waals surface area contributed by atoms with Crippen molar-refractivity contribution in [1.82, 2.24) is 0 Å². The van der Waals surface area contributed by atoms with Crippen LogP contribution in [0.4, 0.5) is 0 Å². The third-order valence-corrected chi connectivity index (χ3v) is 10.6. The molecule has 0 aromatic carbocycles. The third kappa shape index (κ3) is 6.29. The number of carbonyl (C=O) groups excluding carboxylic acids is 1. The molecule has 37 heavy (non-hydrogen) atoms. The van der Waals surface area contributed by atoms with Crippen LogP contribution in [0, 0.1) is 21.7 Å². The molecule has 0 unspecified atom stereocenters. The molecule has 2 heterocycles. The molecule has 0 fully saturated rings. The van der Waals surface area contributed by atoms with Crippen LogP contribution >= 0.6 is 0 Å². The second-order valence-electron chi connectivity index (χ2n) is 14.4. The molecule has 0 saturated heterocycles. The summed E-state index contributed by atoms with van der Waals surface area (Å²) in [5.41, 5.74) is 2.77. The second kappa shape index (κ2) is 9.54. The number of carbonyl (C=O) groups is 1. The van der Waals surface area contributed by atoms with E-state index in [0.29, 0.717) is 5.57 Å². The predicted molar refractivity (Wildman–Crippen MR) is 155 cm³/mol. The molecule has 3 aliphatic rings. The number of allylic oxidation sites excluding steroid dienone is 13. The first-order chi connectivity index (χ1) is 16.6. The van der Waals surface area contributed by atoms with E-state index in [2.05, 4.69) is 95.2 Å². The molecule has 1 radical (unpaired) electrons. The molecular weight excluding hydrogens is 523 g/mol. The first-order valence-corrected chi connectivity index (χ1v) is 14.8. The van der Waals surface area contributed by atoms with Gasteiger partial charge in [-0.05, 0) is 0 Å². The van der Waals surface area contributed by atoms with Crippen LogP contribution in [0.1, 0.15) is 90.0 Å². The van der Waals surface area contributed by atoms with Crippen LogP contribution in [0.25, 0.3) is 0 Å². The van der Waals surface area contributed by atoms with Crippen molar-refractivity contribution in [3.05, 3.63) is 80.0 Å². The molecule has 0 saturated carbocycles. The van der Waals surface area contributed by atoms with Crippen molar-refractivity contribution in [2.75, 3.05) is 0 Å². The van der Waals surface area contributed by atoms with Gasteiger partial charge in [0.15, 0.2) is 0 Å². The van der Waals surface area contributed by atoms with E-state index in [4.69, 9.17) is 4.74 Å². The first-order valence-electron chi connectivity index (χ1n) is 13.1. The third-order valence-electron chi connectivity index (χ3n) is 6.63. The first kappa shape index (κ1) is 29.4. The van der Waals surface area contributed by atoms with Gasteiger partial charge in [0.05, 0.1) is 0 Å². The van der Waals surface area contributed by atoms with E-state index in [9.17, 15) is 9.90 Å². The minimum atomic E-state index is -0.201. The van der Waals surface area contributed by atoms with Crippen LogP contribution in [0.15, 0.2) is 80.0 Å². The molecule has 0 bridgehead atoms. The number of rotatable bonds is 2. The Balaban J connectivity index is 2.10. The Morgan fingerprint density at radius 1 is 0.784 bits per heavy atom. The Kier molecular flexibility index (Phi) is 7.58. The van der Waals surface area contributed by atoms with Crippen molar-refractivity contribution in [3.63, 3.8) is 0 Å². The number of ketones is 1. The zero-order chi connectivity index (χ0) is 28.3. The van der Waals surface area contributed by atoms with Crippen molar-refractivity contribution < 1.29 is 14.6 Å². The summed E-state index contributed by atoms with van der Waals surface area (Å²) in [6, 6.07) is 0. The van der Waals surface area contributed by atoms with Crippen LogP contribution in [0.2, 0.25) is 0 Å². The zero-order valence-corrected chi connectivity index (χ0v) is 26.7. The molecule has 0 aromatic heterocycles. The zero-order valence-electron chi connectivity index (χ0n) is 25.0. The standard InChI is InChI=1S/C33H45O3Se/c1-19(21-17-23(30(2,3)4)36-24(18-21)31(5,6)7)27-28(34)22(29(27)35)14-20-15-25(32(8,9)10)37-26(16-20)33(11,12)13/h14-18,34H,1-13H3/p-1. The summed E-state index contributed by atoms with van der Waals surface area (Å²) in [6.07, 6.45) is 10.1. The van der Waals surface area contributed by atoms with Gasteiger partial charge in [-0.1, -0.05) is 41.5 Å². The van der Waals surface area contributed by atoms with Gasteiger partial charge in [0, 0.05) is 0 Å².